The molecule has 1 aromatic rings. The van der Waals surface area contributed by atoms with Crippen molar-refractivity contribution in [1.82, 2.24) is 23.7 Å². The molecule has 0 unspecified atom stereocenters. The van der Waals surface area contributed by atoms with Crippen molar-refractivity contribution < 1.29 is 13.2 Å². The lowest BCUT2D eigenvalue weighted by Crippen LogP contribution is -2.65. The highest BCUT2D eigenvalue weighted by atomic mass is 32.2. The van der Waals surface area contributed by atoms with E-state index < -0.39 is 10.0 Å². The highest BCUT2D eigenvalue weighted by Gasteiger charge is 2.53. The highest BCUT2D eigenvalue weighted by molar-refractivity contribution is 7.89. The van der Waals surface area contributed by atoms with Gasteiger partial charge in [-0.3, -0.25) is 4.79 Å². The normalized spacial score (nSPS) is 21.5. The molecule has 1 amide bonds. The number of β-lactam (4-membered cyclic amide) rings is 1. The number of rotatable bonds is 5. The Morgan fingerprint density at radius 2 is 1.96 bits per heavy atom. The van der Waals surface area contributed by atoms with Crippen LogP contribution in [0.25, 0.3) is 0 Å². The first kappa shape index (κ1) is 17.4. The monoisotopic (exact) mass is 355 g/mol. The maximum absolute atomic E-state index is 12.6. The van der Waals surface area contributed by atoms with E-state index in [1.807, 2.05) is 19.0 Å². The summed E-state index contributed by atoms with van der Waals surface area (Å²) in [6.45, 7) is 3.10. The average Bonchev–Trinajstić information content (AvgIpc) is 2.98. The molecule has 9 heteroatoms. The van der Waals surface area contributed by atoms with Gasteiger partial charge in [0, 0.05) is 46.0 Å². The molecule has 0 N–H and O–H groups in total. The molecule has 2 fully saturated rings. The van der Waals surface area contributed by atoms with Crippen LogP contribution in [0.4, 0.5) is 0 Å². The summed E-state index contributed by atoms with van der Waals surface area (Å²) in [7, 11) is 2.16. The minimum atomic E-state index is -3.56. The first-order valence-electron chi connectivity index (χ1n) is 8.17. The smallest absolute Gasteiger partial charge is 0.262 e. The van der Waals surface area contributed by atoms with Crippen molar-refractivity contribution >= 4 is 15.9 Å². The van der Waals surface area contributed by atoms with Crippen molar-refractivity contribution in [2.75, 3.05) is 46.8 Å². The molecule has 2 aliphatic rings. The molecule has 1 aromatic heterocycles. The number of hydrogen-bond donors (Lipinski definition) is 0. The van der Waals surface area contributed by atoms with Crippen LogP contribution in [-0.2, 0) is 21.9 Å². The molecule has 0 atom stereocenters. The molecule has 0 aliphatic carbocycles. The molecule has 0 bridgehead atoms. The molecule has 2 saturated heterocycles. The van der Waals surface area contributed by atoms with Gasteiger partial charge < -0.3 is 14.4 Å². The summed E-state index contributed by atoms with van der Waals surface area (Å²) in [6, 6.07) is 0. The van der Waals surface area contributed by atoms with Crippen LogP contribution in [0, 0.1) is 5.41 Å². The lowest BCUT2D eigenvalue weighted by atomic mass is 9.71. The van der Waals surface area contributed by atoms with Gasteiger partial charge in [0.25, 0.3) is 10.0 Å². The number of carbonyl (C=O) groups excluding carboxylic acids is 1. The Morgan fingerprint density at radius 1 is 1.29 bits per heavy atom. The minimum Gasteiger partial charge on any atom is -0.340 e. The van der Waals surface area contributed by atoms with Crippen LogP contribution in [0.5, 0.6) is 0 Å². The fourth-order valence-corrected chi connectivity index (χ4v) is 4.84. The quantitative estimate of drug-likeness (QED) is 0.671. The summed E-state index contributed by atoms with van der Waals surface area (Å²) < 4.78 is 28.3. The van der Waals surface area contributed by atoms with Gasteiger partial charge in [-0.2, -0.15) is 4.31 Å². The second-order valence-electron chi connectivity index (χ2n) is 7.09. The van der Waals surface area contributed by atoms with E-state index in [-0.39, 0.29) is 16.3 Å². The molecule has 0 aromatic carbocycles. The first-order valence-corrected chi connectivity index (χ1v) is 9.61. The predicted octanol–water partition coefficient (Wildman–Crippen LogP) is -0.405. The Balaban J connectivity index is 1.60. The molecule has 24 heavy (non-hydrogen) atoms. The molecule has 1 spiro atoms. The summed E-state index contributed by atoms with van der Waals surface area (Å²) in [6.07, 6.45) is 4.18. The molecule has 8 nitrogen and oxygen atoms in total. The van der Waals surface area contributed by atoms with Gasteiger partial charge in [-0.05, 0) is 26.9 Å². The summed E-state index contributed by atoms with van der Waals surface area (Å²) >= 11 is 0. The van der Waals surface area contributed by atoms with E-state index >= 15 is 0 Å². The number of aromatic nitrogens is 2. The van der Waals surface area contributed by atoms with Crippen molar-refractivity contribution in [3.05, 3.63) is 12.5 Å². The van der Waals surface area contributed by atoms with Crippen LogP contribution in [0.2, 0.25) is 0 Å². The number of aryl methyl sites for hydroxylation is 1. The Bertz CT molecular complexity index is 719. The standard InChI is InChI=1S/C15H25N5O3S/c1-17(2)8-9-19-11-15(14(19)21)4-6-20(7-5-15)24(22,23)13-10-18(3)12-16-13/h10,12H,4-9,11H2,1-3H3. The fourth-order valence-electron chi connectivity index (χ4n) is 3.43. The average molecular weight is 355 g/mol. The van der Waals surface area contributed by atoms with Crippen LogP contribution in [0.3, 0.4) is 0 Å². The number of imidazole rings is 1. The van der Waals surface area contributed by atoms with E-state index in [1.54, 1.807) is 11.6 Å². The van der Waals surface area contributed by atoms with E-state index in [1.165, 1.54) is 16.8 Å². The van der Waals surface area contributed by atoms with Crippen LogP contribution in [-0.4, -0.2) is 84.8 Å². The van der Waals surface area contributed by atoms with E-state index in [2.05, 4.69) is 9.88 Å². The van der Waals surface area contributed by atoms with Gasteiger partial charge in [0.15, 0.2) is 5.03 Å². The van der Waals surface area contributed by atoms with Gasteiger partial charge in [0.1, 0.15) is 0 Å². The predicted molar refractivity (Wildman–Crippen MR) is 88.8 cm³/mol. The van der Waals surface area contributed by atoms with E-state index in [0.29, 0.717) is 25.9 Å². The molecule has 0 radical (unpaired) electrons. The Morgan fingerprint density at radius 3 is 2.46 bits per heavy atom. The number of carbonyl (C=O) groups is 1. The molecular formula is C15H25N5O3S. The number of piperidine rings is 1. The molecule has 134 valence electrons. The van der Waals surface area contributed by atoms with Crippen molar-refractivity contribution in [2.45, 2.75) is 17.9 Å². The van der Waals surface area contributed by atoms with Crippen molar-refractivity contribution in [2.24, 2.45) is 12.5 Å². The van der Waals surface area contributed by atoms with Crippen LogP contribution >= 0.6 is 0 Å². The number of likely N-dealkylation sites (N-methyl/N-ethyl adjacent to an activating group) is 1. The number of hydrogen-bond acceptors (Lipinski definition) is 5. The van der Waals surface area contributed by atoms with Gasteiger partial charge in [-0.1, -0.05) is 0 Å². The summed E-state index contributed by atoms with van der Waals surface area (Å²) in [5.41, 5.74) is -0.345. The third-order valence-electron chi connectivity index (χ3n) is 5.02. The van der Waals surface area contributed by atoms with Gasteiger partial charge in [0.05, 0.1) is 11.7 Å². The zero-order chi connectivity index (χ0) is 17.5. The molecule has 3 heterocycles. The Hall–Kier alpha value is -1.45. The maximum Gasteiger partial charge on any atom is 0.262 e. The lowest BCUT2D eigenvalue weighted by molar-refractivity contribution is -0.164. The fraction of sp³-hybridized carbons (Fsp3) is 0.733. The number of likely N-dealkylation sites (tertiary alicyclic amines) is 1. The van der Waals surface area contributed by atoms with E-state index in [4.69, 9.17) is 0 Å². The van der Waals surface area contributed by atoms with Crippen molar-refractivity contribution in [3.63, 3.8) is 0 Å². The molecule has 0 saturated carbocycles. The number of sulfonamides is 1. The third kappa shape index (κ3) is 2.96. The molecular weight excluding hydrogens is 330 g/mol. The van der Waals surface area contributed by atoms with Gasteiger partial charge >= 0.3 is 0 Å². The van der Waals surface area contributed by atoms with Crippen LogP contribution in [0.1, 0.15) is 12.8 Å². The Kier molecular flexibility index (Phi) is 4.43. The van der Waals surface area contributed by atoms with E-state index in [0.717, 1.165) is 19.6 Å². The van der Waals surface area contributed by atoms with Crippen molar-refractivity contribution in [3.8, 4) is 0 Å². The van der Waals surface area contributed by atoms with E-state index in [9.17, 15) is 13.2 Å². The summed E-state index contributed by atoms with van der Waals surface area (Å²) in [5, 5.41) is 0.0773. The Labute approximate surface area is 143 Å². The second-order valence-corrected chi connectivity index (χ2v) is 8.98. The maximum atomic E-state index is 12.6. The number of amides is 1. The largest absolute Gasteiger partial charge is 0.340 e. The third-order valence-corrected chi connectivity index (χ3v) is 6.80. The topological polar surface area (TPSA) is 78.8 Å². The molecule has 3 rings (SSSR count). The lowest BCUT2D eigenvalue weighted by Gasteiger charge is -2.52. The number of nitrogens with zero attached hydrogens (tertiary/aromatic N) is 5. The zero-order valence-corrected chi connectivity index (χ0v) is 15.3. The second kappa shape index (κ2) is 6.12. The minimum absolute atomic E-state index is 0.0773. The van der Waals surface area contributed by atoms with Gasteiger partial charge in [-0.15, -0.1) is 0 Å². The highest BCUT2D eigenvalue weighted by Crippen LogP contribution is 2.42. The summed E-state index contributed by atoms with van der Waals surface area (Å²) in [5.74, 6) is 0.180. The van der Waals surface area contributed by atoms with Crippen LogP contribution in [0.15, 0.2) is 17.6 Å². The van der Waals surface area contributed by atoms with Crippen LogP contribution < -0.4 is 0 Å². The van der Waals surface area contributed by atoms with Gasteiger partial charge in [0.2, 0.25) is 5.91 Å². The SMILES string of the molecule is CN(C)CCN1CC2(CCN(S(=O)(=O)c3cn(C)cn3)CC2)C1=O. The summed E-state index contributed by atoms with van der Waals surface area (Å²) in [4.78, 5) is 20.4. The zero-order valence-electron chi connectivity index (χ0n) is 14.5. The first-order chi connectivity index (χ1) is 11.2. The van der Waals surface area contributed by atoms with Gasteiger partial charge in [-0.25, -0.2) is 13.4 Å². The molecule has 2 aliphatic heterocycles. The van der Waals surface area contributed by atoms with Crippen molar-refractivity contribution in [1.29, 1.82) is 0 Å².